The third-order valence-corrected chi connectivity index (χ3v) is 3.30. The van der Waals surface area contributed by atoms with Gasteiger partial charge in [-0.2, -0.15) is 0 Å². The maximum absolute atomic E-state index is 12.3. The third kappa shape index (κ3) is 2.62. The summed E-state index contributed by atoms with van der Waals surface area (Å²) >= 11 is 0. The van der Waals surface area contributed by atoms with Crippen molar-refractivity contribution in [2.24, 2.45) is 0 Å². The van der Waals surface area contributed by atoms with Gasteiger partial charge in [-0.25, -0.2) is 4.79 Å². The lowest BCUT2D eigenvalue weighted by Crippen LogP contribution is -2.35. The summed E-state index contributed by atoms with van der Waals surface area (Å²) in [5, 5.41) is 0. The van der Waals surface area contributed by atoms with E-state index in [0.29, 0.717) is 6.54 Å². The van der Waals surface area contributed by atoms with E-state index in [9.17, 15) is 4.79 Å². The minimum absolute atomic E-state index is 0.139. The Hall–Kier alpha value is -2.03. The van der Waals surface area contributed by atoms with Crippen molar-refractivity contribution < 1.29 is 9.53 Å². The van der Waals surface area contributed by atoms with Crippen molar-refractivity contribution in [3.8, 4) is 0 Å². The van der Waals surface area contributed by atoms with Gasteiger partial charge in [-0.1, -0.05) is 36.9 Å². The Labute approximate surface area is 120 Å². The predicted molar refractivity (Wildman–Crippen MR) is 81.2 cm³/mol. The molecule has 1 heterocycles. The van der Waals surface area contributed by atoms with Crippen LogP contribution < -0.4 is 0 Å². The lowest BCUT2D eigenvalue weighted by atomic mass is 10.00. The molecular formula is C17H21NO2. The van der Waals surface area contributed by atoms with Crippen molar-refractivity contribution in [1.82, 2.24) is 4.90 Å². The van der Waals surface area contributed by atoms with Crippen molar-refractivity contribution in [2.75, 3.05) is 0 Å². The molecule has 3 nitrogen and oxygen atoms in total. The van der Waals surface area contributed by atoms with Crippen LogP contribution in [0.5, 0.6) is 0 Å². The number of ether oxygens (including phenoxy) is 1. The number of fused-ring (bicyclic) bond motifs is 1. The van der Waals surface area contributed by atoms with E-state index in [1.165, 1.54) is 0 Å². The Kier molecular flexibility index (Phi) is 3.71. The number of hydrogen-bond acceptors (Lipinski definition) is 2. The smallest absolute Gasteiger partial charge is 0.411 e. The molecule has 0 fully saturated rings. The van der Waals surface area contributed by atoms with Crippen LogP contribution in [0.4, 0.5) is 4.79 Å². The Morgan fingerprint density at radius 3 is 2.65 bits per heavy atom. The van der Waals surface area contributed by atoms with Gasteiger partial charge in [-0.15, -0.1) is 6.58 Å². The maximum Gasteiger partial charge on any atom is 0.411 e. The molecule has 0 spiro atoms. The first-order chi connectivity index (χ1) is 9.37. The van der Waals surface area contributed by atoms with Crippen LogP contribution >= 0.6 is 0 Å². The van der Waals surface area contributed by atoms with E-state index in [0.717, 1.165) is 16.7 Å². The molecule has 1 aromatic rings. The first-order valence-corrected chi connectivity index (χ1v) is 6.74. The van der Waals surface area contributed by atoms with Crippen molar-refractivity contribution in [2.45, 2.75) is 39.0 Å². The van der Waals surface area contributed by atoms with E-state index < -0.39 is 5.60 Å². The summed E-state index contributed by atoms with van der Waals surface area (Å²) < 4.78 is 5.47. The normalized spacial score (nSPS) is 17.6. The molecule has 1 amide bonds. The van der Waals surface area contributed by atoms with Gasteiger partial charge < -0.3 is 4.74 Å². The summed E-state index contributed by atoms with van der Waals surface area (Å²) in [7, 11) is 0. The fraction of sp³-hybridized carbons (Fsp3) is 0.353. The second-order valence-corrected chi connectivity index (χ2v) is 5.91. The van der Waals surface area contributed by atoms with Gasteiger partial charge in [-0.3, -0.25) is 4.90 Å². The zero-order chi connectivity index (χ0) is 14.9. The molecule has 3 heteroatoms. The highest BCUT2D eigenvalue weighted by Gasteiger charge is 2.35. The van der Waals surface area contributed by atoms with Crippen LogP contribution in [-0.4, -0.2) is 16.6 Å². The molecule has 0 aliphatic carbocycles. The van der Waals surface area contributed by atoms with Crippen LogP contribution in [0.2, 0.25) is 0 Å². The van der Waals surface area contributed by atoms with Gasteiger partial charge in [0, 0.05) is 0 Å². The van der Waals surface area contributed by atoms with Crippen molar-refractivity contribution >= 4 is 12.2 Å². The molecule has 1 atom stereocenters. The monoisotopic (exact) mass is 271 g/mol. The fourth-order valence-electron chi connectivity index (χ4n) is 2.46. The lowest BCUT2D eigenvalue weighted by Gasteiger charge is -2.27. The molecule has 0 saturated carbocycles. The van der Waals surface area contributed by atoms with Gasteiger partial charge in [0.1, 0.15) is 5.60 Å². The van der Waals surface area contributed by atoms with Crippen LogP contribution in [-0.2, 0) is 11.3 Å². The van der Waals surface area contributed by atoms with E-state index in [2.05, 4.69) is 13.2 Å². The molecule has 2 rings (SSSR count). The first-order valence-electron chi connectivity index (χ1n) is 6.74. The summed E-state index contributed by atoms with van der Waals surface area (Å²) in [6.07, 6.45) is 3.29. The number of nitrogens with zero attached hydrogens (tertiary/aromatic N) is 1. The standard InChI is InChI=1S/C17H21NO2/c1-6-12-9-8-10-13-14(12)11-18(15(13)7-2)16(19)20-17(3,4)5/h6-10,15H,1-2,11H2,3-5H3. The molecule has 0 aromatic heterocycles. The molecule has 1 aliphatic rings. The van der Waals surface area contributed by atoms with E-state index in [1.54, 1.807) is 11.0 Å². The molecule has 106 valence electrons. The topological polar surface area (TPSA) is 29.5 Å². The highest BCUT2D eigenvalue weighted by molar-refractivity contribution is 5.72. The predicted octanol–water partition coefficient (Wildman–Crippen LogP) is 4.31. The second kappa shape index (κ2) is 5.16. The number of rotatable bonds is 2. The van der Waals surface area contributed by atoms with Crippen molar-refractivity contribution in [3.05, 3.63) is 54.1 Å². The van der Waals surface area contributed by atoms with E-state index in [1.807, 2.05) is 45.0 Å². The Morgan fingerprint density at radius 1 is 1.40 bits per heavy atom. The Morgan fingerprint density at radius 2 is 2.10 bits per heavy atom. The summed E-state index contributed by atoms with van der Waals surface area (Å²) in [5.74, 6) is 0. The van der Waals surface area contributed by atoms with Crippen molar-refractivity contribution in [3.63, 3.8) is 0 Å². The summed E-state index contributed by atoms with van der Waals surface area (Å²) in [6, 6.07) is 5.87. The number of amides is 1. The summed E-state index contributed by atoms with van der Waals surface area (Å²) in [4.78, 5) is 14.0. The number of benzene rings is 1. The molecule has 0 bridgehead atoms. The lowest BCUT2D eigenvalue weighted by molar-refractivity contribution is 0.0208. The van der Waals surface area contributed by atoms with E-state index >= 15 is 0 Å². The zero-order valence-corrected chi connectivity index (χ0v) is 12.3. The van der Waals surface area contributed by atoms with Crippen LogP contribution in [0.25, 0.3) is 6.08 Å². The maximum atomic E-state index is 12.3. The molecule has 1 aromatic carbocycles. The fourth-order valence-corrected chi connectivity index (χ4v) is 2.46. The summed E-state index contributed by atoms with van der Waals surface area (Å²) in [5.41, 5.74) is 2.78. The Balaban J connectivity index is 2.34. The number of hydrogen-bond donors (Lipinski definition) is 0. The molecule has 0 radical (unpaired) electrons. The van der Waals surface area contributed by atoms with Crippen LogP contribution in [0.3, 0.4) is 0 Å². The second-order valence-electron chi connectivity index (χ2n) is 5.91. The molecule has 0 saturated heterocycles. The minimum Gasteiger partial charge on any atom is -0.444 e. The molecule has 1 aliphatic heterocycles. The highest BCUT2D eigenvalue weighted by Crippen LogP contribution is 2.37. The average Bonchev–Trinajstić information content (AvgIpc) is 2.75. The minimum atomic E-state index is -0.501. The quantitative estimate of drug-likeness (QED) is 0.750. The van der Waals surface area contributed by atoms with Crippen molar-refractivity contribution in [1.29, 1.82) is 0 Å². The first kappa shape index (κ1) is 14.4. The van der Waals surface area contributed by atoms with Crippen LogP contribution in [0, 0.1) is 0 Å². The molecule has 20 heavy (non-hydrogen) atoms. The van der Waals surface area contributed by atoms with Gasteiger partial charge in [0.2, 0.25) is 0 Å². The van der Waals surface area contributed by atoms with E-state index in [4.69, 9.17) is 4.74 Å². The van der Waals surface area contributed by atoms with Crippen LogP contribution in [0.1, 0.15) is 43.5 Å². The average molecular weight is 271 g/mol. The van der Waals surface area contributed by atoms with Gasteiger partial charge in [0.25, 0.3) is 0 Å². The van der Waals surface area contributed by atoms with E-state index in [-0.39, 0.29) is 12.1 Å². The summed E-state index contributed by atoms with van der Waals surface area (Å²) in [6.45, 7) is 13.8. The number of carbonyl (C=O) groups is 1. The SMILES string of the molecule is C=Cc1cccc2c1CN(C(=O)OC(C)(C)C)C2C=C. The largest absolute Gasteiger partial charge is 0.444 e. The number of carbonyl (C=O) groups excluding carboxylic acids is 1. The zero-order valence-electron chi connectivity index (χ0n) is 12.3. The molecule has 1 unspecified atom stereocenters. The third-order valence-electron chi connectivity index (χ3n) is 3.30. The van der Waals surface area contributed by atoms with Gasteiger partial charge >= 0.3 is 6.09 Å². The molecular weight excluding hydrogens is 250 g/mol. The van der Waals surface area contributed by atoms with Gasteiger partial charge in [0.05, 0.1) is 12.6 Å². The highest BCUT2D eigenvalue weighted by atomic mass is 16.6. The van der Waals surface area contributed by atoms with Crippen LogP contribution in [0.15, 0.2) is 37.4 Å². The Bertz CT molecular complexity index is 555. The van der Waals surface area contributed by atoms with Gasteiger partial charge in [-0.05, 0) is 37.5 Å². The van der Waals surface area contributed by atoms with Gasteiger partial charge in [0.15, 0.2) is 0 Å². The molecule has 0 N–H and O–H groups in total.